The fourth-order valence-corrected chi connectivity index (χ4v) is 4.36. The molecule has 0 bridgehead atoms. The predicted octanol–water partition coefficient (Wildman–Crippen LogP) is 1.84. The second-order valence-electron chi connectivity index (χ2n) is 8.45. The van der Waals surface area contributed by atoms with Crippen LogP contribution < -0.4 is 10.6 Å². The van der Waals surface area contributed by atoms with Crippen LogP contribution in [0.3, 0.4) is 0 Å². The molecule has 0 spiro atoms. The van der Waals surface area contributed by atoms with Gasteiger partial charge in [0.1, 0.15) is 0 Å². The summed E-state index contributed by atoms with van der Waals surface area (Å²) in [4.78, 5) is 12.1. The number of nitrogens with zero attached hydrogens (tertiary/aromatic N) is 4. The standard InChI is InChI=1S/C23H40N6/c1-4-27-14-16-29(17-15-27)20(2)18-25-23(24-3)26-22-10-12-28(13-11-22)19-21-8-6-5-7-9-21/h5-9,20,22H,4,10-19H2,1-3H3,(H2,24,25,26). The van der Waals surface area contributed by atoms with E-state index in [9.17, 15) is 0 Å². The lowest BCUT2D eigenvalue weighted by molar-refractivity contribution is 0.107. The highest BCUT2D eigenvalue weighted by atomic mass is 15.3. The molecule has 1 aromatic rings. The van der Waals surface area contributed by atoms with Gasteiger partial charge in [-0.05, 0) is 31.9 Å². The summed E-state index contributed by atoms with van der Waals surface area (Å²) >= 11 is 0. The normalized spacial score (nSPS) is 21.8. The second kappa shape index (κ2) is 11.5. The van der Waals surface area contributed by atoms with Gasteiger partial charge in [0, 0.05) is 71.5 Å². The molecule has 29 heavy (non-hydrogen) atoms. The number of likely N-dealkylation sites (N-methyl/N-ethyl adjacent to an activating group) is 1. The Morgan fingerprint density at radius 3 is 2.34 bits per heavy atom. The van der Waals surface area contributed by atoms with Gasteiger partial charge in [-0.15, -0.1) is 0 Å². The van der Waals surface area contributed by atoms with Gasteiger partial charge < -0.3 is 15.5 Å². The lowest BCUT2D eigenvalue weighted by atomic mass is 10.0. The number of hydrogen-bond acceptors (Lipinski definition) is 4. The van der Waals surface area contributed by atoms with Crippen LogP contribution in [0.5, 0.6) is 0 Å². The first-order chi connectivity index (χ1) is 14.2. The summed E-state index contributed by atoms with van der Waals surface area (Å²) in [5.74, 6) is 0.950. The summed E-state index contributed by atoms with van der Waals surface area (Å²) in [6.07, 6.45) is 2.34. The topological polar surface area (TPSA) is 46.1 Å². The highest BCUT2D eigenvalue weighted by Crippen LogP contribution is 2.14. The van der Waals surface area contributed by atoms with Crippen molar-refractivity contribution < 1.29 is 0 Å². The predicted molar refractivity (Wildman–Crippen MR) is 122 cm³/mol. The van der Waals surface area contributed by atoms with Gasteiger partial charge in [0.2, 0.25) is 0 Å². The molecule has 3 rings (SSSR count). The quantitative estimate of drug-likeness (QED) is 0.540. The molecule has 2 N–H and O–H groups in total. The summed E-state index contributed by atoms with van der Waals surface area (Å²) in [7, 11) is 1.88. The van der Waals surface area contributed by atoms with E-state index >= 15 is 0 Å². The largest absolute Gasteiger partial charge is 0.355 e. The molecule has 2 fully saturated rings. The number of aliphatic imine (C=N–C) groups is 1. The summed E-state index contributed by atoms with van der Waals surface area (Å²) < 4.78 is 0. The molecule has 2 aliphatic rings. The molecular weight excluding hydrogens is 360 g/mol. The Morgan fingerprint density at radius 2 is 1.72 bits per heavy atom. The van der Waals surface area contributed by atoms with E-state index in [1.807, 2.05) is 7.05 Å². The van der Waals surface area contributed by atoms with Gasteiger partial charge in [-0.3, -0.25) is 14.8 Å². The van der Waals surface area contributed by atoms with Crippen LogP contribution in [0.2, 0.25) is 0 Å². The maximum absolute atomic E-state index is 4.47. The number of guanidine groups is 1. The van der Waals surface area contributed by atoms with E-state index in [2.05, 4.69) is 74.5 Å². The van der Waals surface area contributed by atoms with Crippen LogP contribution in [0.25, 0.3) is 0 Å². The molecule has 1 atom stereocenters. The molecule has 2 heterocycles. The van der Waals surface area contributed by atoms with Gasteiger partial charge in [-0.25, -0.2) is 0 Å². The van der Waals surface area contributed by atoms with Crippen LogP contribution in [-0.4, -0.2) is 92.1 Å². The van der Waals surface area contributed by atoms with Crippen molar-refractivity contribution in [2.24, 2.45) is 4.99 Å². The molecule has 0 aromatic heterocycles. The van der Waals surface area contributed by atoms with E-state index in [0.717, 1.165) is 32.1 Å². The van der Waals surface area contributed by atoms with Gasteiger partial charge in [-0.2, -0.15) is 0 Å². The fraction of sp³-hybridized carbons (Fsp3) is 0.696. The SMILES string of the molecule is CCN1CCN(C(C)CNC(=NC)NC2CCN(Cc3ccccc3)CC2)CC1. The third kappa shape index (κ3) is 6.98. The Labute approximate surface area is 177 Å². The summed E-state index contributed by atoms with van der Waals surface area (Å²) in [6.45, 7) is 14.7. The van der Waals surface area contributed by atoms with E-state index in [1.165, 1.54) is 51.1 Å². The molecule has 1 aromatic carbocycles. The number of piperazine rings is 1. The molecule has 162 valence electrons. The minimum absolute atomic E-state index is 0.511. The van der Waals surface area contributed by atoms with Crippen LogP contribution >= 0.6 is 0 Å². The molecule has 2 aliphatic heterocycles. The van der Waals surface area contributed by atoms with Gasteiger partial charge >= 0.3 is 0 Å². The molecule has 0 radical (unpaired) electrons. The zero-order valence-corrected chi connectivity index (χ0v) is 18.6. The minimum atomic E-state index is 0.511. The third-order valence-corrected chi connectivity index (χ3v) is 6.44. The maximum atomic E-state index is 4.47. The first-order valence-corrected chi connectivity index (χ1v) is 11.4. The lowest BCUT2D eigenvalue weighted by Gasteiger charge is -2.38. The third-order valence-electron chi connectivity index (χ3n) is 6.44. The van der Waals surface area contributed by atoms with Crippen molar-refractivity contribution in [1.29, 1.82) is 0 Å². The average Bonchev–Trinajstić information content (AvgIpc) is 2.78. The molecule has 0 saturated carbocycles. The highest BCUT2D eigenvalue weighted by molar-refractivity contribution is 5.80. The first kappa shape index (κ1) is 22.1. The van der Waals surface area contributed by atoms with Crippen LogP contribution in [0.15, 0.2) is 35.3 Å². The minimum Gasteiger partial charge on any atom is -0.355 e. The Hall–Kier alpha value is -1.63. The Bertz CT molecular complexity index is 603. The fourth-order valence-electron chi connectivity index (χ4n) is 4.36. The zero-order valence-electron chi connectivity index (χ0n) is 18.6. The average molecular weight is 401 g/mol. The molecule has 0 amide bonds. The van der Waals surface area contributed by atoms with Gasteiger partial charge in [0.15, 0.2) is 5.96 Å². The van der Waals surface area contributed by atoms with Crippen molar-refractivity contribution in [2.45, 2.75) is 45.3 Å². The monoisotopic (exact) mass is 400 g/mol. The van der Waals surface area contributed by atoms with Crippen LogP contribution in [-0.2, 0) is 6.54 Å². The lowest BCUT2D eigenvalue weighted by Crippen LogP contribution is -2.54. The smallest absolute Gasteiger partial charge is 0.191 e. The van der Waals surface area contributed by atoms with E-state index in [4.69, 9.17) is 0 Å². The van der Waals surface area contributed by atoms with Crippen molar-refractivity contribution in [2.75, 3.05) is 59.4 Å². The molecular formula is C23H40N6. The van der Waals surface area contributed by atoms with Crippen molar-refractivity contribution >= 4 is 5.96 Å². The summed E-state index contributed by atoms with van der Waals surface area (Å²) in [6, 6.07) is 11.8. The van der Waals surface area contributed by atoms with Crippen molar-refractivity contribution in [1.82, 2.24) is 25.3 Å². The molecule has 1 unspecified atom stereocenters. The highest BCUT2D eigenvalue weighted by Gasteiger charge is 2.22. The van der Waals surface area contributed by atoms with E-state index in [-0.39, 0.29) is 0 Å². The van der Waals surface area contributed by atoms with E-state index in [1.54, 1.807) is 0 Å². The van der Waals surface area contributed by atoms with Gasteiger partial charge in [0.25, 0.3) is 0 Å². The van der Waals surface area contributed by atoms with E-state index < -0.39 is 0 Å². The number of likely N-dealkylation sites (tertiary alicyclic amines) is 1. The molecule has 6 heteroatoms. The van der Waals surface area contributed by atoms with Crippen molar-refractivity contribution in [3.63, 3.8) is 0 Å². The Morgan fingerprint density at radius 1 is 1.03 bits per heavy atom. The van der Waals surface area contributed by atoms with Gasteiger partial charge in [-0.1, -0.05) is 37.3 Å². The number of rotatable bonds is 7. The number of piperidine rings is 1. The molecule has 6 nitrogen and oxygen atoms in total. The number of hydrogen-bond donors (Lipinski definition) is 2. The summed E-state index contributed by atoms with van der Waals surface area (Å²) in [5, 5.41) is 7.21. The van der Waals surface area contributed by atoms with Crippen LogP contribution in [0, 0.1) is 0 Å². The Balaban J connectivity index is 1.35. The molecule has 2 saturated heterocycles. The van der Waals surface area contributed by atoms with Crippen LogP contribution in [0.4, 0.5) is 0 Å². The maximum Gasteiger partial charge on any atom is 0.191 e. The second-order valence-corrected chi connectivity index (χ2v) is 8.45. The number of benzene rings is 1. The number of nitrogens with one attached hydrogen (secondary N) is 2. The molecule has 0 aliphatic carbocycles. The Kier molecular flexibility index (Phi) is 8.77. The summed E-state index contributed by atoms with van der Waals surface area (Å²) in [5.41, 5.74) is 1.41. The van der Waals surface area contributed by atoms with E-state index in [0.29, 0.717) is 12.1 Å². The van der Waals surface area contributed by atoms with Crippen molar-refractivity contribution in [3.05, 3.63) is 35.9 Å². The van der Waals surface area contributed by atoms with Crippen LogP contribution in [0.1, 0.15) is 32.3 Å². The van der Waals surface area contributed by atoms with Crippen molar-refractivity contribution in [3.8, 4) is 0 Å². The van der Waals surface area contributed by atoms with Gasteiger partial charge in [0.05, 0.1) is 0 Å². The first-order valence-electron chi connectivity index (χ1n) is 11.4. The zero-order chi connectivity index (χ0) is 20.5.